The molecular weight excluding hydrogens is 174 g/mol. The van der Waals surface area contributed by atoms with Crippen molar-refractivity contribution in [2.24, 2.45) is 0 Å². The monoisotopic (exact) mass is 187 g/mol. The van der Waals surface area contributed by atoms with Gasteiger partial charge < -0.3 is 0 Å². The van der Waals surface area contributed by atoms with E-state index < -0.39 is 0 Å². The van der Waals surface area contributed by atoms with Crippen molar-refractivity contribution in [3.63, 3.8) is 0 Å². The van der Waals surface area contributed by atoms with Crippen LogP contribution in [-0.2, 0) is 9.59 Å². The van der Waals surface area contributed by atoms with Crippen LogP contribution in [0, 0.1) is 0 Å². The summed E-state index contributed by atoms with van der Waals surface area (Å²) in [6, 6.07) is 0. The van der Waals surface area contributed by atoms with Gasteiger partial charge in [-0.2, -0.15) is 12.6 Å². The maximum absolute atomic E-state index is 11.3. The van der Waals surface area contributed by atoms with E-state index in [1.165, 1.54) is 4.90 Å². The molecule has 0 aromatic rings. The third kappa shape index (κ3) is 1.80. The van der Waals surface area contributed by atoms with Crippen LogP contribution in [-0.4, -0.2) is 22.1 Å². The average Bonchev–Trinajstić information content (AvgIpc) is 2.03. The molecule has 0 saturated carbocycles. The van der Waals surface area contributed by atoms with Crippen molar-refractivity contribution in [1.29, 1.82) is 0 Å². The highest BCUT2D eigenvalue weighted by molar-refractivity contribution is 7.80. The van der Waals surface area contributed by atoms with Crippen LogP contribution in [0.1, 0.15) is 32.6 Å². The van der Waals surface area contributed by atoms with Gasteiger partial charge in [-0.25, -0.2) is 0 Å². The Balaban J connectivity index is 2.69. The van der Waals surface area contributed by atoms with E-state index in [0.29, 0.717) is 25.7 Å². The van der Waals surface area contributed by atoms with Gasteiger partial charge in [0.15, 0.2) is 0 Å². The number of likely N-dealkylation sites (tertiary alicyclic amines) is 1. The number of amides is 2. The molecule has 1 aliphatic rings. The summed E-state index contributed by atoms with van der Waals surface area (Å²) in [7, 11) is 0. The minimum Gasteiger partial charge on any atom is -0.274 e. The van der Waals surface area contributed by atoms with Gasteiger partial charge in [-0.3, -0.25) is 14.5 Å². The molecule has 1 unspecified atom stereocenters. The Morgan fingerprint density at radius 2 is 1.92 bits per heavy atom. The molecule has 1 saturated heterocycles. The number of carbonyl (C=O) groups is 2. The molecule has 2 amide bonds. The van der Waals surface area contributed by atoms with Crippen molar-refractivity contribution in [2.75, 3.05) is 0 Å². The highest BCUT2D eigenvalue weighted by Gasteiger charge is 2.29. The van der Waals surface area contributed by atoms with E-state index in [-0.39, 0.29) is 17.2 Å². The smallest absolute Gasteiger partial charge is 0.230 e. The number of thiol groups is 1. The third-order valence-corrected chi connectivity index (χ3v) is 2.58. The summed E-state index contributed by atoms with van der Waals surface area (Å²) in [6.45, 7) is 1.91. The predicted octanol–water partition coefficient (Wildman–Crippen LogP) is 1.19. The molecule has 0 aromatic carbocycles. The summed E-state index contributed by atoms with van der Waals surface area (Å²) < 4.78 is 0. The fourth-order valence-electron chi connectivity index (χ4n) is 1.29. The van der Waals surface area contributed by atoms with Crippen LogP contribution in [0.4, 0.5) is 0 Å². The standard InChI is InChI=1S/C8H13NO2S/c1-2-8(12)9-6(10)4-3-5-7(9)11/h8,12H,2-5H2,1H3. The molecule has 0 spiro atoms. The summed E-state index contributed by atoms with van der Waals surface area (Å²) in [5.41, 5.74) is 0. The fourth-order valence-corrected chi connectivity index (χ4v) is 1.54. The maximum Gasteiger partial charge on any atom is 0.230 e. The van der Waals surface area contributed by atoms with Gasteiger partial charge in [0.05, 0.1) is 5.37 Å². The van der Waals surface area contributed by atoms with Gasteiger partial charge in [-0.15, -0.1) is 0 Å². The molecule has 1 fully saturated rings. The van der Waals surface area contributed by atoms with Crippen LogP contribution in [0.25, 0.3) is 0 Å². The van der Waals surface area contributed by atoms with Crippen molar-refractivity contribution in [2.45, 2.75) is 38.0 Å². The Labute approximate surface area is 77.5 Å². The van der Waals surface area contributed by atoms with Gasteiger partial charge in [0.2, 0.25) is 11.8 Å². The van der Waals surface area contributed by atoms with Crippen LogP contribution in [0.15, 0.2) is 0 Å². The third-order valence-electron chi connectivity index (χ3n) is 1.98. The van der Waals surface area contributed by atoms with E-state index in [2.05, 4.69) is 12.6 Å². The molecule has 0 aliphatic carbocycles. The van der Waals surface area contributed by atoms with Crippen LogP contribution in [0.3, 0.4) is 0 Å². The summed E-state index contributed by atoms with van der Waals surface area (Å²) in [4.78, 5) is 23.8. The molecule has 1 heterocycles. The number of rotatable bonds is 2. The first kappa shape index (κ1) is 9.58. The van der Waals surface area contributed by atoms with Crippen molar-refractivity contribution < 1.29 is 9.59 Å². The van der Waals surface area contributed by atoms with Crippen LogP contribution < -0.4 is 0 Å². The first-order chi connectivity index (χ1) is 5.66. The number of piperidine rings is 1. The lowest BCUT2D eigenvalue weighted by molar-refractivity contribution is -0.148. The van der Waals surface area contributed by atoms with Crippen LogP contribution in [0.2, 0.25) is 0 Å². The van der Waals surface area contributed by atoms with Crippen LogP contribution >= 0.6 is 12.6 Å². The molecule has 0 radical (unpaired) electrons. The zero-order valence-electron chi connectivity index (χ0n) is 7.12. The number of hydrogen-bond donors (Lipinski definition) is 1. The molecule has 0 aromatic heterocycles. The zero-order valence-corrected chi connectivity index (χ0v) is 8.01. The Hall–Kier alpha value is -0.510. The molecule has 12 heavy (non-hydrogen) atoms. The predicted molar refractivity (Wildman–Crippen MR) is 48.8 cm³/mol. The molecule has 68 valence electrons. The van der Waals surface area contributed by atoms with Crippen molar-refractivity contribution in [3.05, 3.63) is 0 Å². The second kappa shape index (κ2) is 3.94. The van der Waals surface area contributed by atoms with E-state index in [0.717, 1.165) is 0 Å². The number of nitrogens with zero attached hydrogens (tertiary/aromatic N) is 1. The van der Waals surface area contributed by atoms with Crippen molar-refractivity contribution in [1.82, 2.24) is 4.90 Å². The van der Waals surface area contributed by atoms with E-state index in [1.807, 2.05) is 6.92 Å². The van der Waals surface area contributed by atoms with E-state index in [1.54, 1.807) is 0 Å². The molecule has 0 N–H and O–H groups in total. The first-order valence-corrected chi connectivity index (χ1v) is 4.71. The first-order valence-electron chi connectivity index (χ1n) is 4.19. The van der Waals surface area contributed by atoms with E-state index in [4.69, 9.17) is 0 Å². The minimum atomic E-state index is -0.231. The van der Waals surface area contributed by atoms with Gasteiger partial charge in [-0.1, -0.05) is 6.92 Å². The molecular formula is C8H13NO2S. The number of carbonyl (C=O) groups excluding carboxylic acids is 2. The highest BCUT2D eigenvalue weighted by Crippen LogP contribution is 2.18. The topological polar surface area (TPSA) is 37.4 Å². The lowest BCUT2D eigenvalue weighted by atomic mass is 10.1. The number of imide groups is 1. The molecule has 0 bridgehead atoms. The van der Waals surface area contributed by atoms with Crippen molar-refractivity contribution in [3.8, 4) is 0 Å². The molecule has 1 aliphatic heterocycles. The molecule has 1 rings (SSSR count). The average molecular weight is 187 g/mol. The normalized spacial score (nSPS) is 21.3. The van der Waals surface area contributed by atoms with Gasteiger partial charge in [-0.05, 0) is 12.8 Å². The SMILES string of the molecule is CCC(S)N1C(=O)CCCC1=O. The van der Waals surface area contributed by atoms with Gasteiger partial charge in [0, 0.05) is 12.8 Å². The molecule has 4 heteroatoms. The largest absolute Gasteiger partial charge is 0.274 e. The van der Waals surface area contributed by atoms with E-state index in [9.17, 15) is 9.59 Å². The molecule has 3 nitrogen and oxygen atoms in total. The summed E-state index contributed by atoms with van der Waals surface area (Å²) >= 11 is 4.18. The highest BCUT2D eigenvalue weighted by atomic mass is 32.1. The number of hydrogen-bond acceptors (Lipinski definition) is 3. The van der Waals surface area contributed by atoms with Gasteiger partial charge >= 0.3 is 0 Å². The Bertz CT molecular complexity index is 189. The second-order valence-corrected chi connectivity index (χ2v) is 3.50. The fraction of sp³-hybridized carbons (Fsp3) is 0.750. The Morgan fingerprint density at radius 3 is 2.33 bits per heavy atom. The second-order valence-electron chi connectivity index (χ2n) is 2.90. The maximum atomic E-state index is 11.3. The lowest BCUT2D eigenvalue weighted by Crippen LogP contribution is -2.44. The molecule has 1 atom stereocenters. The van der Waals surface area contributed by atoms with Crippen molar-refractivity contribution >= 4 is 24.4 Å². The summed E-state index contributed by atoms with van der Waals surface area (Å²) in [6.07, 6.45) is 2.38. The quantitative estimate of drug-likeness (QED) is 0.521. The summed E-state index contributed by atoms with van der Waals surface area (Å²) in [5, 5.41) is -0.231. The minimum absolute atomic E-state index is 0.0758. The van der Waals surface area contributed by atoms with Crippen LogP contribution in [0.5, 0.6) is 0 Å². The van der Waals surface area contributed by atoms with Gasteiger partial charge in [0.1, 0.15) is 0 Å². The Morgan fingerprint density at radius 1 is 1.42 bits per heavy atom. The zero-order chi connectivity index (χ0) is 9.14. The lowest BCUT2D eigenvalue weighted by Gasteiger charge is -2.29. The van der Waals surface area contributed by atoms with E-state index >= 15 is 0 Å². The van der Waals surface area contributed by atoms with Gasteiger partial charge in [0.25, 0.3) is 0 Å². The Kier molecular flexibility index (Phi) is 3.14. The summed E-state index contributed by atoms with van der Waals surface area (Å²) in [5.74, 6) is -0.152.